The highest BCUT2D eigenvalue weighted by atomic mass is 32.2. The van der Waals surface area contributed by atoms with Crippen molar-refractivity contribution in [1.82, 2.24) is 0 Å². The topological polar surface area (TPSA) is 63.2 Å². The van der Waals surface area contributed by atoms with Crippen molar-refractivity contribution in [3.8, 4) is 0 Å². The Balaban J connectivity index is 1.80. The number of hydrogen-bond acceptors (Lipinski definition) is 7. The highest BCUT2D eigenvalue weighted by molar-refractivity contribution is 8.13. The van der Waals surface area contributed by atoms with Gasteiger partial charge in [-0.25, -0.2) is 0 Å². The van der Waals surface area contributed by atoms with Crippen molar-refractivity contribution in [2.24, 2.45) is 0 Å². The largest absolute Gasteiger partial charge is 0.343 e. The molecule has 0 N–H and O–H groups in total. The highest BCUT2D eigenvalue weighted by Gasteiger charge is 2.60. The molecule has 3 aliphatic rings. The van der Waals surface area contributed by atoms with Crippen LogP contribution in [0.3, 0.4) is 0 Å². The van der Waals surface area contributed by atoms with E-state index in [0.717, 1.165) is 0 Å². The van der Waals surface area contributed by atoms with Crippen molar-refractivity contribution in [2.45, 2.75) is 76.9 Å². The van der Waals surface area contributed by atoms with Gasteiger partial charge in [0, 0.05) is 12.7 Å². The summed E-state index contributed by atoms with van der Waals surface area (Å²) in [5.74, 6) is -0.885. The van der Waals surface area contributed by atoms with Crippen LogP contribution in [-0.4, -0.2) is 53.1 Å². The van der Waals surface area contributed by atoms with Gasteiger partial charge in [-0.3, -0.25) is 4.79 Å². The second kappa shape index (κ2) is 5.18. The fourth-order valence-electron chi connectivity index (χ4n) is 3.03. The van der Waals surface area contributed by atoms with Gasteiger partial charge in [-0.15, -0.1) is 0 Å². The molecule has 7 heteroatoms. The van der Waals surface area contributed by atoms with Gasteiger partial charge in [-0.1, -0.05) is 11.8 Å². The molecule has 3 saturated heterocycles. The van der Waals surface area contributed by atoms with Gasteiger partial charge in [0.15, 0.2) is 23.0 Å². The third kappa shape index (κ3) is 3.13. The smallest absolute Gasteiger partial charge is 0.190 e. The lowest BCUT2D eigenvalue weighted by Gasteiger charge is -2.37. The summed E-state index contributed by atoms with van der Waals surface area (Å²) in [6.07, 6.45) is -1.57. The van der Waals surface area contributed by atoms with E-state index >= 15 is 0 Å². The minimum Gasteiger partial charge on any atom is -0.343 e. The summed E-state index contributed by atoms with van der Waals surface area (Å²) >= 11 is 1.23. The average molecular weight is 318 g/mol. The van der Waals surface area contributed by atoms with Crippen LogP contribution >= 0.6 is 11.8 Å². The van der Waals surface area contributed by atoms with Gasteiger partial charge in [0.05, 0.1) is 6.10 Å². The lowest BCUT2D eigenvalue weighted by atomic mass is 10.00. The molecule has 3 rings (SSSR count). The fraction of sp³-hybridized carbons (Fsp3) is 0.929. The first-order chi connectivity index (χ1) is 9.67. The summed E-state index contributed by atoms with van der Waals surface area (Å²) in [4.78, 5) is 11.2. The molecule has 0 aliphatic carbocycles. The Bertz CT molecular complexity index is 437. The van der Waals surface area contributed by atoms with Gasteiger partial charge >= 0.3 is 0 Å². The van der Waals surface area contributed by atoms with Gasteiger partial charge < -0.3 is 23.7 Å². The van der Waals surface area contributed by atoms with Gasteiger partial charge in [0.2, 0.25) is 0 Å². The maximum Gasteiger partial charge on any atom is 0.190 e. The van der Waals surface area contributed by atoms with Crippen molar-refractivity contribution >= 4 is 16.9 Å². The number of thioether (sulfide) groups is 1. The van der Waals surface area contributed by atoms with Crippen LogP contribution in [0.4, 0.5) is 0 Å². The Labute approximate surface area is 128 Å². The average Bonchev–Trinajstić information content (AvgIpc) is 2.80. The van der Waals surface area contributed by atoms with Gasteiger partial charge in [-0.2, -0.15) is 0 Å². The van der Waals surface area contributed by atoms with Crippen LogP contribution < -0.4 is 0 Å². The molecule has 3 heterocycles. The molecule has 0 amide bonds. The van der Waals surface area contributed by atoms with Crippen LogP contribution in [0.25, 0.3) is 0 Å². The molecule has 120 valence electrons. The number of carbonyl (C=O) groups is 1. The zero-order valence-corrected chi connectivity index (χ0v) is 13.8. The van der Waals surface area contributed by atoms with Crippen LogP contribution in [0.15, 0.2) is 0 Å². The predicted octanol–water partition coefficient (Wildman–Crippen LogP) is 1.66. The first-order valence-electron chi connectivity index (χ1n) is 7.17. The second-order valence-electron chi connectivity index (χ2n) is 6.51. The lowest BCUT2D eigenvalue weighted by molar-refractivity contribution is -0.228. The van der Waals surface area contributed by atoms with E-state index in [0.29, 0.717) is 5.75 Å². The Morgan fingerprint density at radius 1 is 0.952 bits per heavy atom. The Kier molecular flexibility index (Phi) is 3.87. The molecule has 0 aromatic rings. The SMILES string of the molecule is CC(=O)SC[C@H]1OC2OC(C)(C)O[C@@H]2[C@H]2OC(C)(C)O[C@H]21. The van der Waals surface area contributed by atoms with E-state index in [1.54, 1.807) is 6.92 Å². The van der Waals surface area contributed by atoms with E-state index in [4.69, 9.17) is 23.7 Å². The third-order valence-electron chi connectivity index (χ3n) is 3.70. The minimum atomic E-state index is -0.710. The first kappa shape index (κ1) is 15.7. The molecule has 3 aliphatic heterocycles. The Hall–Kier alpha value is -0.180. The summed E-state index contributed by atoms with van der Waals surface area (Å²) in [6, 6.07) is 0. The molecule has 5 atom stereocenters. The number of rotatable bonds is 2. The Morgan fingerprint density at radius 3 is 2.19 bits per heavy atom. The molecular formula is C14H22O6S. The molecule has 0 saturated carbocycles. The molecule has 0 aromatic carbocycles. The van der Waals surface area contributed by atoms with Gasteiger partial charge in [-0.05, 0) is 27.7 Å². The minimum absolute atomic E-state index is 0.0550. The standard InChI is InChI=1S/C14H22O6S/c1-7(15)21-6-8-9-10(18-13(2,3)17-9)11-12(16-8)20-14(4,5)19-11/h8-12H,6H2,1-5H3/t8-,9+,10+,11-,12?/m1/s1. The molecule has 0 radical (unpaired) electrons. The zero-order valence-electron chi connectivity index (χ0n) is 13.0. The van der Waals surface area contributed by atoms with Crippen molar-refractivity contribution in [1.29, 1.82) is 0 Å². The highest BCUT2D eigenvalue weighted by Crippen LogP contribution is 2.44. The maximum absolute atomic E-state index is 11.2. The number of ether oxygens (including phenoxy) is 5. The molecule has 6 nitrogen and oxygen atoms in total. The molecule has 0 spiro atoms. The van der Waals surface area contributed by atoms with Crippen LogP contribution in [0.1, 0.15) is 34.6 Å². The molecular weight excluding hydrogens is 296 g/mol. The zero-order chi connectivity index (χ0) is 15.4. The number of fused-ring (bicyclic) bond motifs is 3. The first-order valence-corrected chi connectivity index (χ1v) is 8.15. The summed E-state index contributed by atoms with van der Waals surface area (Å²) in [6.45, 7) is 8.99. The van der Waals surface area contributed by atoms with Gasteiger partial charge in [0.25, 0.3) is 0 Å². The Morgan fingerprint density at radius 2 is 1.52 bits per heavy atom. The molecule has 1 unspecified atom stereocenters. The van der Waals surface area contributed by atoms with Crippen LogP contribution in [0, 0.1) is 0 Å². The van der Waals surface area contributed by atoms with Crippen molar-refractivity contribution in [3.63, 3.8) is 0 Å². The molecule has 0 bridgehead atoms. The number of hydrogen-bond donors (Lipinski definition) is 0. The summed E-state index contributed by atoms with van der Waals surface area (Å²) < 4.78 is 29.6. The summed E-state index contributed by atoms with van der Waals surface area (Å²) in [7, 11) is 0. The fourth-order valence-corrected chi connectivity index (χ4v) is 3.69. The van der Waals surface area contributed by atoms with E-state index in [-0.39, 0.29) is 29.5 Å². The van der Waals surface area contributed by atoms with Crippen LogP contribution in [0.2, 0.25) is 0 Å². The van der Waals surface area contributed by atoms with Gasteiger partial charge in [0.1, 0.15) is 18.3 Å². The molecule has 21 heavy (non-hydrogen) atoms. The van der Waals surface area contributed by atoms with E-state index in [1.165, 1.54) is 11.8 Å². The van der Waals surface area contributed by atoms with E-state index in [2.05, 4.69) is 0 Å². The van der Waals surface area contributed by atoms with Crippen molar-refractivity contribution in [2.75, 3.05) is 5.75 Å². The number of carbonyl (C=O) groups excluding carboxylic acids is 1. The normalized spacial score (nSPS) is 43.4. The lowest BCUT2D eigenvalue weighted by Crippen LogP contribution is -2.55. The summed E-state index contributed by atoms with van der Waals surface area (Å²) in [5, 5.41) is 0.0550. The second-order valence-corrected chi connectivity index (χ2v) is 7.71. The van der Waals surface area contributed by atoms with Crippen LogP contribution in [0.5, 0.6) is 0 Å². The van der Waals surface area contributed by atoms with E-state index in [1.807, 2.05) is 27.7 Å². The van der Waals surface area contributed by atoms with E-state index in [9.17, 15) is 4.79 Å². The molecule has 3 fully saturated rings. The quantitative estimate of drug-likeness (QED) is 0.767. The van der Waals surface area contributed by atoms with Crippen molar-refractivity contribution in [3.05, 3.63) is 0 Å². The van der Waals surface area contributed by atoms with Crippen LogP contribution in [-0.2, 0) is 28.5 Å². The third-order valence-corrected chi connectivity index (χ3v) is 4.60. The monoisotopic (exact) mass is 318 g/mol. The van der Waals surface area contributed by atoms with E-state index < -0.39 is 17.9 Å². The predicted molar refractivity (Wildman–Crippen MR) is 75.7 cm³/mol. The van der Waals surface area contributed by atoms with Crippen molar-refractivity contribution < 1.29 is 28.5 Å². The molecule has 0 aromatic heterocycles. The summed E-state index contributed by atoms with van der Waals surface area (Å²) in [5.41, 5.74) is 0. The maximum atomic E-state index is 11.2.